The SMILES string of the molecule is Cc1c(S)ccnc1Cc1nc2ccccc2cc1NCCCN1CCN(CCCNc2cc3ccccc3nc2Cc2nccc(S)c2C)CC1. The van der Waals surface area contributed by atoms with E-state index in [1.165, 1.54) is 0 Å². The Labute approximate surface area is 318 Å². The summed E-state index contributed by atoms with van der Waals surface area (Å²) in [7, 11) is 0. The Kier molecular flexibility index (Phi) is 11.9. The molecule has 0 bridgehead atoms. The molecule has 1 fully saturated rings. The molecular weight excluding hydrogens is 681 g/mol. The number of rotatable bonds is 14. The summed E-state index contributed by atoms with van der Waals surface area (Å²) in [6.07, 6.45) is 7.17. The maximum Gasteiger partial charge on any atom is 0.0707 e. The van der Waals surface area contributed by atoms with Crippen molar-refractivity contribution in [3.63, 3.8) is 0 Å². The molecule has 7 rings (SSSR count). The van der Waals surface area contributed by atoms with E-state index in [1.54, 1.807) is 0 Å². The second kappa shape index (κ2) is 17.1. The standard InChI is InChI=1S/C42H48N8S2/c1-29-35(45-17-13-41(29)51)27-39-37(25-31-9-3-5-11-33(31)47-39)43-15-7-19-49-21-23-50(24-22-49)20-8-16-44-38-26-32-10-4-6-12-34(32)48-40(38)28-36-30(2)42(52)14-18-46-36/h3-6,9-14,17-18,25-26,43-44H,7-8,15-16,19-24,27-28H2,1-2H3,(H,45,51)(H,46,52). The summed E-state index contributed by atoms with van der Waals surface area (Å²) in [6, 6.07) is 25.0. The normalized spacial score (nSPS) is 13.9. The van der Waals surface area contributed by atoms with Gasteiger partial charge in [0.1, 0.15) is 0 Å². The number of aromatic nitrogens is 4. The molecule has 52 heavy (non-hydrogen) atoms. The third-order valence-electron chi connectivity index (χ3n) is 10.2. The monoisotopic (exact) mass is 728 g/mol. The van der Waals surface area contributed by atoms with Crippen LogP contribution in [0.5, 0.6) is 0 Å². The van der Waals surface area contributed by atoms with Crippen molar-refractivity contribution < 1.29 is 0 Å². The molecule has 0 aliphatic carbocycles. The molecule has 5 heterocycles. The molecule has 1 saturated heterocycles. The molecule has 8 nitrogen and oxygen atoms in total. The molecule has 268 valence electrons. The van der Waals surface area contributed by atoms with Crippen LogP contribution in [-0.2, 0) is 12.8 Å². The lowest BCUT2D eigenvalue weighted by Crippen LogP contribution is -2.47. The number of thiol groups is 2. The first-order valence-electron chi connectivity index (χ1n) is 18.4. The highest BCUT2D eigenvalue weighted by Gasteiger charge is 2.17. The van der Waals surface area contributed by atoms with Crippen LogP contribution < -0.4 is 10.6 Å². The Bertz CT molecular complexity index is 1990. The lowest BCUT2D eigenvalue weighted by atomic mass is 10.1. The fraction of sp³-hybridized carbons (Fsp3) is 0.333. The van der Waals surface area contributed by atoms with E-state index in [2.05, 4.69) is 118 Å². The lowest BCUT2D eigenvalue weighted by molar-refractivity contribution is 0.132. The minimum absolute atomic E-state index is 0.674. The molecule has 0 radical (unpaired) electrons. The number of anilines is 2. The summed E-state index contributed by atoms with van der Waals surface area (Å²) >= 11 is 9.24. The van der Waals surface area contributed by atoms with E-state index in [0.29, 0.717) is 12.8 Å². The highest BCUT2D eigenvalue weighted by atomic mass is 32.1. The number of para-hydroxylation sites is 2. The first kappa shape index (κ1) is 36.2. The number of nitrogens with one attached hydrogen (secondary N) is 2. The van der Waals surface area contributed by atoms with Crippen molar-refractivity contribution in [3.05, 3.63) is 119 Å². The smallest absolute Gasteiger partial charge is 0.0707 e. The Morgan fingerprint density at radius 1 is 0.577 bits per heavy atom. The Morgan fingerprint density at radius 3 is 1.44 bits per heavy atom. The number of nitrogens with zero attached hydrogens (tertiary/aromatic N) is 6. The molecule has 10 heteroatoms. The van der Waals surface area contributed by atoms with E-state index in [0.717, 1.165) is 142 Å². The predicted molar refractivity (Wildman–Crippen MR) is 221 cm³/mol. The summed E-state index contributed by atoms with van der Waals surface area (Å²) in [5, 5.41) is 9.74. The van der Waals surface area contributed by atoms with E-state index in [9.17, 15) is 0 Å². The molecule has 4 aromatic heterocycles. The molecule has 0 atom stereocenters. The quantitative estimate of drug-likeness (QED) is 0.0667. The molecule has 6 aromatic rings. The van der Waals surface area contributed by atoms with Crippen molar-refractivity contribution in [3.8, 4) is 0 Å². The van der Waals surface area contributed by atoms with Gasteiger partial charge < -0.3 is 20.4 Å². The van der Waals surface area contributed by atoms with Gasteiger partial charge in [0.05, 0.1) is 45.2 Å². The second-order valence-corrected chi connectivity index (χ2v) is 14.7. The first-order chi connectivity index (χ1) is 25.4. The number of piperazine rings is 1. The Morgan fingerprint density at radius 2 is 1.00 bits per heavy atom. The van der Waals surface area contributed by atoms with E-state index in [-0.39, 0.29) is 0 Å². The van der Waals surface area contributed by atoms with Crippen LogP contribution in [0.2, 0.25) is 0 Å². The molecule has 0 unspecified atom stereocenters. The highest BCUT2D eigenvalue weighted by molar-refractivity contribution is 7.80. The van der Waals surface area contributed by atoms with Gasteiger partial charge in [-0.05, 0) is 87.3 Å². The number of fused-ring (bicyclic) bond motifs is 2. The van der Waals surface area contributed by atoms with Gasteiger partial charge in [0, 0.05) is 85.1 Å². The Hall–Kier alpha value is -4.22. The van der Waals surface area contributed by atoms with Crippen molar-refractivity contribution in [1.82, 2.24) is 29.7 Å². The van der Waals surface area contributed by atoms with E-state index in [4.69, 9.17) is 9.97 Å². The number of hydrogen-bond acceptors (Lipinski definition) is 10. The number of pyridine rings is 4. The molecule has 1 aliphatic rings. The van der Waals surface area contributed by atoms with Crippen molar-refractivity contribution in [1.29, 1.82) is 0 Å². The maximum absolute atomic E-state index is 5.05. The van der Waals surface area contributed by atoms with Crippen molar-refractivity contribution >= 4 is 58.4 Å². The number of benzene rings is 2. The van der Waals surface area contributed by atoms with Crippen molar-refractivity contribution in [2.45, 2.75) is 49.3 Å². The van der Waals surface area contributed by atoms with Gasteiger partial charge in [-0.1, -0.05) is 36.4 Å². The van der Waals surface area contributed by atoms with Gasteiger partial charge in [-0.25, -0.2) is 0 Å². The average Bonchev–Trinajstić information content (AvgIpc) is 3.16. The highest BCUT2D eigenvalue weighted by Crippen LogP contribution is 2.27. The van der Waals surface area contributed by atoms with Gasteiger partial charge >= 0.3 is 0 Å². The maximum atomic E-state index is 5.05. The van der Waals surface area contributed by atoms with Crippen LogP contribution >= 0.6 is 25.3 Å². The van der Waals surface area contributed by atoms with Crippen LogP contribution in [0.4, 0.5) is 11.4 Å². The van der Waals surface area contributed by atoms with Crippen LogP contribution in [0.15, 0.2) is 95.0 Å². The first-order valence-corrected chi connectivity index (χ1v) is 19.3. The summed E-state index contributed by atoms with van der Waals surface area (Å²) in [5.74, 6) is 0. The fourth-order valence-electron chi connectivity index (χ4n) is 6.98. The van der Waals surface area contributed by atoms with Crippen LogP contribution in [0.3, 0.4) is 0 Å². The van der Waals surface area contributed by atoms with E-state index >= 15 is 0 Å². The lowest BCUT2D eigenvalue weighted by Gasteiger charge is -2.34. The zero-order valence-corrected chi connectivity index (χ0v) is 31.9. The van der Waals surface area contributed by atoms with Gasteiger partial charge in [0.2, 0.25) is 0 Å². The minimum Gasteiger partial charge on any atom is -0.383 e. The van der Waals surface area contributed by atoms with Gasteiger partial charge in [0.25, 0.3) is 0 Å². The molecule has 0 amide bonds. The van der Waals surface area contributed by atoms with Crippen LogP contribution in [0, 0.1) is 13.8 Å². The van der Waals surface area contributed by atoms with Crippen molar-refractivity contribution in [2.24, 2.45) is 0 Å². The van der Waals surface area contributed by atoms with Crippen LogP contribution in [-0.4, -0.2) is 82.1 Å². The van der Waals surface area contributed by atoms with Gasteiger partial charge in [0.15, 0.2) is 0 Å². The summed E-state index contributed by atoms with van der Waals surface area (Å²) in [6.45, 7) is 12.6. The third kappa shape index (κ3) is 8.86. The van der Waals surface area contributed by atoms with Crippen LogP contribution in [0.25, 0.3) is 21.8 Å². The molecular formula is C42H48N8S2. The van der Waals surface area contributed by atoms with E-state index in [1.807, 2.05) is 36.7 Å². The van der Waals surface area contributed by atoms with Gasteiger partial charge in [-0.15, -0.1) is 25.3 Å². The molecule has 0 saturated carbocycles. The Balaban J connectivity index is 0.874. The number of hydrogen-bond donors (Lipinski definition) is 4. The third-order valence-corrected chi connectivity index (χ3v) is 11.2. The topological polar surface area (TPSA) is 82.1 Å². The fourth-order valence-corrected chi connectivity index (χ4v) is 7.38. The second-order valence-electron chi connectivity index (χ2n) is 13.8. The minimum atomic E-state index is 0.674. The molecule has 2 aromatic carbocycles. The van der Waals surface area contributed by atoms with Gasteiger partial charge in [-0.3, -0.25) is 19.9 Å². The average molecular weight is 729 g/mol. The predicted octanol–water partition coefficient (Wildman–Crippen LogP) is 7.87. The van der Waals surface area contributed by atoms with Crippen molar-refractivity contribution in [2.75, 3.05) is 63.0 Å². The summed E-state index contributed by atoms with van der Waals surface area (Å²) < 4.78 is 0. The summed E-state index contributed by atoms with van der Waals surface area (Å²) in [5.41, 5.74) is 10.5. The van der Waals surface area contributed by atoms with Gasteiger partial charge in [-0.2, -0.15) is 0 Å². The molecule has 2 N–H and O–H groups in total. The molecule has 1 aliphatic heterocycles. The zero-order chi connectivity index (χ0) is 35.9. The molecule has 0 spiro atoms. The summed E-state index contributed by atoms with van der Waals surface area (Å²) in [4.78, 5) is 26.5. The van der Waals surface area contributed by atoms with E-state index < -0.39 is 0 Å². The largest absolute Gasteiger partial charge is 0.383 e. The van der Waals surface area contributed by atoms with Crippen LogP contribution in [0.1, 0.15) is 46.7 Å². The zero-order valence-electron chi connectivity index (χ0n) is 30.1.